The first-order chi connectivity index (χ1) is 18.3. The number of halogens is 3. The Hall–Kier alpha value is -2.63. The Morgan fingerprint density at radius 3 is 2.18 bits per heavy atom. The van der Waals surface area contributed by atoms with Gasteiger partial charge in [0.15, 0.2) is 0 Å². The molecule has 1 spiro atoms. The van der Waals surface area contributed by atoms with E-state index in [-0.39, 0.29) is 35.2 Å². The van der Waals surface area contributed by atoms with Gasteiger partial charge in [-0.1, -0.05) is 0 Å². The molecule has 1 aromatic rings. The van der Waals surface area contributed by atoms with Crippen LogP contribution in [0.15, 0.2) is 6.07 Å². The molecule has 3 saturated heterocycles. The molecule has 4 aliphatic rings. The van der Waals surface area contributed by atoms with Crippen LogP contribution in [0.4, 0.5) is 29.6 Å². The van der Waals surface area contributed by atoms with Gasteiger partial charge in [-0.2, -0.15) is 13.2 Å². The van der Waals surface area contributed by atoms with Gasteiger partial charge in [0.1, 0.15) is 23.0 Å². The van der Waals surface area contributed by atoms with E-state index in [1.54, 1.807) is 11.0 Å². The van der Waals surface area contributed by atoms with Gasteiger partial charge in [-0.15, -0.1) is 0 Å². The predicted molar refractivity (Wildman–Crippen MR) is 140 cm³/mol. The molecule has 1 aromatic heterocycles. The van der Waals surface area contributed by atoms with Crippen LogP contribution in [0, 0.1) is 5.41 Å². The number of piperazine rings is 1. The number of ether oxygens (including phenoxy) is 1. The topological polar surface area (TPSA) is 82.1 Å². The second-order valence-corrected chi connectivity index (χ2v) is 12.4. The summed E-state index contributed by atoms with van der Waals surface area (Å²) in [6.07, 6.45) is -1.28. The zero-order chi connectivity index (χ0) is 28.2. The fourth-order valence-corrected chi connectivity index (χ4v) is 6.42. The Bertz CT molecular complexity index is 1090. The van der Waals surface area contributed by atoms with Gasteiger partial charge in [0.05, 0.1) is 0 Å². The van der Waals surface area contributed by atoms with E-state index in [4.69, 9.17) is 4.74 Å². The third kappa shape index (κ3) is 5.67. The highest BCUT2D eigenvalue weighted by atomic mass is 19.4. The van der Waals surface area contributed by atoms with Crippen LogP contribution in [0.3, 0.4) is 0 Å². The summed E-state index contributed by atoms with van der Waals surface area (Å²) in [5.41, 5.74) is -0.849. The first kappa shape index (κ1) is 27.9. The maximum Gasteiger partial charge on any atom is 0.451 e. The van der Waals surface area contributed by atoms with Crippen LogP contribution in [0.2, 0.25) is 0 Å². The minimum atomic E-state index is -4.66. The van der Waals surface area contributed by atoms with Crippen molar-refractivity contribution in [1.82, 2.24) is 19.8 Å². The standard InChI is InChI=1S/C27H39F3N6O3/c1-18-19(33-12-14-35(15-13-33)24(38)39-25(2,3)4)17-36(18)22-16-21(31-23(32-22)27(28,29)30)34-10-8-26(9-11-34)7-5-6-20(26)37/h16,18-19H,5-15,17H2,1-4H3/t18-,19-/m1/s1. The van der Waals surface area contributed by atoms with E-state index < -0.39 is 17.6 Å². The summed E-state index contributed by atoms with van der Waals surface area (Å²) in [4.78, 5) is 40.4. The molecule has 3 aliphatic heterocycles. The number of hydrogen-bond donors (Lipinski definition) is 0. The lowest BCUT2D eigenvalue weighted by atomic mass is 9.76. The molecular formula is C27H39F3N6O3. The average molecular weight is 553 g/mol. The van der Waals surface area contributed by atoms with E-state index in [1.165, 1.54) is 0 Å². The molecule has 1 amide bonds. The predicted octanol–water partition coefficient (Wildman–Crippen LogP) is 3.96. The molecule has 0 aromatic carbocycles. The molecule has 1 saturated carbocycles. The summed E-state index contributed by atoms with van der Waals surface area (Å²) in [6, 6.07) is 1.78. The van der Waals surface area contributed by atoms with Gasteiger partial charge in [0.25, 0.3) is 0 Å². The molecule has 39 heavy (non-hydrogen) atoms. The summed E-state index contributed by atoms with van der Waals surface area (Å²) < 4.78 is 46.9. The van der Waals surface area contributed by atoms with Gasteiger partial charge in [-0.25, -0.2) is 14.8 Å². The number of piperidine rings is 1. The quantitative estimate of drug-likeness (QED) is 0.558. The van der Waals surface area contributed by atoms with E-state index >= 15 is 0 Å². The Kier molecular flexibility index (Phi) is 7.22. The van der Waals surface area contributed by atoms with Crippen molar-refractivity contribution < 1.29 is 27.5 Å². The van der Waals surface area contributed by atoms with E-state index in [2.05, 4.69) is 14.9 Å². The minimum Gasteiger partial charge on any atom is -0.444 e. The number of carbonyl (C=O) groups is 2. The molecule has 5 rings (SSSR count). The maximum absolute atomic E-state index is 13.8. The van der Waals surface area contributed by atoms with Gasteiger partial charge in [-0.3, -0.25) is 9.69 Å². The highest BCUT2D eigenvalue weighted by molar-refractivity contribution is 5.87. The van der Waals surface area contributed by atoms with Gasteiger partial charge >= 0.3 is 12.3 Å². The lowest BCUT2D eigenvalue weighted by molar-refractivity contribution is -0.144. The molecular weight excluding hydrogens is 513 g/mol. The SMILES string of the molecule is C[C@@H]1[C@H](N2CCN(C(=O)OC(C)(C)C)CC2)CN1c1cc(N2CCC3(CCCC3=O)CC2)nc(C(F)(F)F)n1. The van der Waals surface area contributed by atoms with Crippen molar-refractivity contribution in [2.45, 2.75) is 83.7 Å². The van der Waals surface area contributed by atoms with E-state index in [0.29, 0.717) is 70.9 Å². The van der Waals surface area contributed by atoms with E-state index in [1.807, 2.05) is 37.5 Å². The molecule has 0 unspecified atom stereocenters. The summed E-state index contributed by atoms with van der Waals surface area (Å²) >= 11 is 0. The molecule has 4 fully saturated rings. The molecule has 0 bridgehead atoms. The van der Waals surface area contributed by atoms with Gasteiger partial charge in [0, 0.05) is 75.8 Å². The smallest absolute Gasteiger partial charge is 0.444 e. The van der Waals surface area contributed by atoms with Crippen molar-refractivity contribution in [2.75, 3.05) is 55.6 Å². The van der Waals surface area contributed by atoms with Crippen molar-refractivity contribution >= 4 is 23.5 Å². The van der Waals surface area contributed by atoms with Crippen LogP contribution in [0.25, 0.3) is 0 Å². The fraction of sp³-hybridized carbons (Fsp3) is 0.778. The summed E-state index contributed by atoms with van der Waals surface area (Å²) in [5, 5.41) is 0. The number of ketones is 1. The van der Waals surface area contributed by atoms with Crippen LogP contribution >= 0.6 is 0 Å². The zero-order valence-corrected chi connectivity index (χ0v) is 23.3. The molecule has 9 nitrogen and oxygen atoms in total. The monoisotopic (exact) mass is 552 g/mol. The molecule has 4 heterocycles. The highest BCUT2D eigenvalue weighted by Crippen LogP contribution is 2.44. The van der Waals surface area contributed by atoms with Crippen molar-refractivity contribution in [3.8, 4) is 0 Å². The molecule has 2 atom stereocenters. The largest absolute Gasteiger partial charge is 0.451 e. The lowest BCUT2D eigenvalue weighted by Crippen LogP contribution is -2.68. The van der Waals surface area contributed by atoms with Crippen molar-refractivity contribution in [3.05, 3.63) is 11.9 Å². The van der Waals surface area contributed by atoms with Crippen LogP contribution in [-0.2, 0) is 15.7 Å². The number of carbonyl (C=O) groups excluding carboxylic acids is 2. The molecule has 0 radical (unpaired) electrons. The number of amides is 1. The third-order valence-corrected chi connectivity index (χ3v) is 8.81. The fourth-order valence-electron chi connectivity index (χ4n) is 6.42. The van der Waals surface area contributed by atoms with Gasteiger partial charge in [0.2, 0.25) is 5.82 Å². The molecule has 12 heteroatoms. The first-order valence-electron chi connectivity index (χ1n) is 14.0. The molecule has 0 N–H and O–H groups in total. The lowest BCUT2D eigenvalue weighted by Gasteiger charge is -2.53. The van der Waals surface area contributed by atoms with Gasteiger partial charge < -0.3 is 19.4 Å². The molecule has 216 valence electrons. The summed E-state index contributed by atoms with van der Waals surface area (Å²) in [5.74, 6) is -0.280. The third-order valence-electron chi connectivity index (χ3n) is 8.81. The second-order valence-electron chi connectivity index (χ2n) is 12.4. The average Bonchev–Trinajstić information content (AvgIpc) is 3.21. The van der Waals surface area contributed by atoms with Crippen LogP contribution in [0.5, 0.6) is 0 Å². The minimum absolute atomic E-state index is 0.0392. The Morgan fingerprint density at radius 2 is 1.64 bits per heavy atom. The van der Waals surface area contributed by atoms with Crippen LogP contribution in [0.1, 0.15) is 65.6 Å². The van der Waals surface area contributed by atoms with Crippen molar-refractivity contribution in [1.29, 1.82) is 0 Å². The number of rotatable bonds is 3. The number of alkyl halides is 3. The Labute approximate surface area is 227 Å². The summed E-state index contributed by atoms with van der Waals surface area (Å²) in [6.45, 7) is 11.6. The maximum atomic E-state index is 13.8. The number of aromatic nitrogens is 2. The number of hydrogen-bond acceptors (Lipinski definition) is 8. The number of Topliss-reactive ketones (excluding diaryl/α,β-unsaturated/α-hetero) is 1. The number of anilines is 2. The zero-order valence-electron chi connectivity index (χ0n) is 23.3. The second kappa shape index (κ2) is 10.1. The van der Waals surface area contributed by atoms with Crippen molar-refractivity contribution in [2.24, 2.45) is 5.41 Å². The van der Waals surface area contributed by atoms with E-state index in [0.717, 1.165) is 12.8 Å². The first-order valence-corrected chi connectivity index (χ1v) is 14.0. The van der Waals surface area contributed by atoms with E-state index in [9.17, 15) is 22.8 Å². The van der Waals surface area contributed by atoms with Crippen LogP contribution in [-0.4, -0.2) is 95.1 Å². The summed E-state index contributed by atoms with van der Waals surface area (Å²) in [7, 11) is 0. The van der Waals surface area contributed by atoms with Crippen molar-refractivity contribution in [3.63, 3.8) is 0 Å². The molecule has 1 aliphatic carbocycles. The number of nitrogens with zero attached hydrogens (tertiary/aromatic N) is 6. The Balaban J connectivity index is 1.24. The Morgan fingerprint density at radius 1 is 1.00 bits per heavy atom. The highest BCUT2D eigenvalue weighted by Gasteiger charge is 2.46. The van der Waals surface area contributed by atoms with Crippen LogP contribution < -0.4 is 9.80 Å². The van der Waals surface area contributed by atoms with Gasteiger partial charge in [-0.05, 0) is 53.4 Å². The normalized spacial score (nSPS) is 26.2.